The number of hydrogen-bond donors (Lipinski definition) is 1. The molecule has 1 aliphatic rings. The first-order chi connectivity index (χ1) is 13.9. The third-order valence-electron chi connectivity index (χ3n) is 4.84. The average Bonchev–Trinajstić information content (AvgIpc) is 3.39. The second-order valence-electron chi connectivity index (χ2n) is 6.76. The molecule has 1 fully saturated rings. The maximum absolute atomic E-state index is 13.3. The fourth-order valence-corrected chi connectivity index (χ4v) is 5.43. The Morgan fingerprint density at radius 1 is 1.03 bits per heavy atom. The van der Waals surface area contributed by atoms with Crippen molar-refractivity contribution in [2.24, 2.45) is 0 Å². The lowest BCUT2D eigenvalue weighted by atomic mass is 10.1. The Morgan fingerprint density at radius 3 is 2.34 bits per heavy atom. The Balaban J connectivity index is 1.61. The Bertz CT molecular complexity index is 1100. The minimum Gasteiger partial charge on any atom is -0.312 e. The number of nitrogens with one attached hydrogen (secondary N) is 1. The molecule has 0 saturated carbocycles. The molecule has 2 aromatic carbocycles. The largest absolute Gasteiger partial charge is 0.312 e. The number of rotatable bonds is 6. The number of sulfonamides is 1. The summed E-state index contributed by atoms with van der Waals surface area (Å²) in [7, 11) is -3.84. The van der Waals surface area contributed by atoms with Crippen LogP contribution >= 0.6 is 11.3 Å². The first-order valence-corrected chi connectivity index (χ1v) is 11.5. The zero-order valence-electron chi connectivity index (χ0n) is 15.4. The van der Waals surface area contributed by atoms with Gasteiger partial charge in [-0.2, -0.15) is 4.72 Å². The van der Waals surface area contributed by atoms with Gasteiger partial charge in [0.05, 0.1) is 10.9 Å². The summed E-state index contributed by atoms with van der Waals surface area (Å²) >= 11 is 1.42. The summed E-state index contributed by atoms with van der Waals surface area (Å²) in [6.07, 6.45) is 1.32. The topological polar surface area (TPSA) is 66.5 Å². The maximum atomic E-state index is 13.3. The Morgan fingerprint density at radius 2 is 1.76 bits per heavy atom. The molecule has 1 N–H and O–H groups in total. The van der Waals surface area contributed by atoms with E-state index in [1.54, 1.807) is 29.2 Å². The van der Waals surface area contributed by atoms with Crippen LogP contribution in [0.3, 0.4) is 0 Å². The summed E-state index contributed by atoms with van der Waals surface area (Å²) in [6.45, 7) is 0.647. The van der Waals surface area contributed by atoms with Gasteiger partial charge in [-0.15, -0.1) is 11.3 Å². The van der Waals surface area contributed by atoms with Crippen molar-refractivity contribution >= 4 is 33.0 Å². The summed E-state index contributed by atoms with van der Waals surface area (Å²) in [5.74, 6) is -0.332. The van der Waals surface area contributed by atoms with Crippen LogP contribution in [-0.2, 0) is 14.8 Å². The van der Waals surface area contributed by atoms with Gasteiger partial charge in [0, 0.05) is 23.5 Å². The summed E-state index contributed by atoms with van der Waals surface area (Å²) in [5, 5.41) is 1.86. The predicted molar refractivity (Wildman–Crippen MR) is 111 cm³/mol. The van der Waals surface area contributed by atoms with Crippen molar-refractivity contribution in [1.82, 2.24) is 4.72 Å². The van der Waals surface area contributed by atoms with Gasteiger partial charge in [-0.3, -0.25) is 4.79 Å². The molecule has 1 aliphatic heterocycles. The molecule has 0 unspecified atom stereocenters. The molecule has 1 aromatic heterocycles. The molecular formula is C21H19FN2O3S2. The average molecular weight is 431 g/mol. The molecule has 150 valence electrons. The first kappa shape index (κ1) is 19.8. The molecule has 29 heavy (non-hydrogen) atoms. The Kier molecular flexibility index (Phi) is 5.49. The Labute approximate surface area is 172 Å². The van der Waals surface area contributed by atoms with Gasteiger partial charge in [-0.1, -0.05) is 18.2 Å². The highest BCUT2D eigenvalue weighted by molar-refractivity contribution is 7.89. The smallest absolute Gasteiger partial charge is 0.241 e. The van der Waals surface area contributed by atoms with Gasteiger partial charge < -0.3 is 4.90 Å². The van der Waals surface area contributed by atoms with Crippen LogP contribution in [0.25, 0.3) is 0 Å². The lowest BCUT2D eigenvalue weighted by Crippen LogP contribution is -2.29. The predicted octanol–water partition coefficient (Wildman–Crippen LogP) is 4.08. The number of amides is 1. The number of carbonyl (C=O) groups is 1. The molecule has 0 bridgehead atoms. The lowest BCUT2D eigenvalue weighted by molar-refractivity contribution is -0.117. The molecule has 2 heterocycles. The highest BCUT2D eigenvalue weighted by atomic mass is 32.2. The first-order valence-electron chi connectivity index (χ1n) is 9.16. The van der Waals surface area contributed by atoms with Gasteiger partial charge in [-0.25, -0.2) is 12.8 Å². The van der Waals surface area contributed by atoms with E-state index in [0.717, 1.165) is 11.3 Å². The lowest BCUT2D eigenvalue weighted by Gasteiger charge is -2.19. The van der Waals surface area contributed by atoms with E-state index in [-0.39, 0.29) is 16.6 Å². The van der Waals surface area contributed by atoms with Crippen LogP contribution in [0.2, 0.25) is 0 Å². The summed E-state index contributed by atoms with van der Waals surface area (Å²) < 4.78 is 42.1. The van der Waals surface area contributed by atoms with Crippen LogP contribution < -0.4 is 9.62 Å². The summed E-state index contributed by atoms with van der Waals surface area (Å²) in [6, 6.07) is 15.1. The van der Waals surface area contributed by atoms with Crippen LogP contribution in [0.1, 0.15) is 29.3 Å². The normalized spacial score (nSPS) is 15.6. The molecule has 1 saturated heterocycles. The second kappa shape index (κ2) is 8.06. The minimum atomic E-state index is -3.84. The second-order valence-corrected chi connectivity index (χ2v) is 9.46. The SMILES string of the molecule is O=C1CCCN1c1ccc(S(=O)(=O)N[C@@H](c2ccc(F)cc2)c2cccs2)cc1. The molecule has 0 radical (unpaired) electrons. The van der Waals surface area contributed by atoms with Crippen LogP contribution in [0.15, 0.2) is 70.9 Å². The molecule has 0 aliphatic carbocycles. The van der Waals surface area contributed by atoms with E-state index < -0.39 is 16.1 Å². The van der Waals surface area contributed by atoms with E-state index in [0.29, 0.717) is 24.2 Å². The number of nitrogens with zero attached hydrogens (tertiary/aromatic N) is 1. The van der Waals surface area contributed by atoms with Crippen molar-refractivity contribution in [2.75, 3.05) is 11.4 Å². The van der Waals surface area contributed by atoms with E-state index in [1.807, 2.05) is 17.5 Å². The Hall–Kier alpha value is -2.55. The minimum absolute atomic E-state index is 0.0489. The quantitative estimate of drug-likeness (QED) is 0.641. The van der Waals surface area contributed by atoms with E-state index in [9.17, 15) is 17.6 Å². The number of anilines is 1. The molecule has 3 aromatic rings. The molecule has 4 rings (SSSR count). The number of thiophene rings is 1. The van der Waals surface area contributed by atoms with Gasteiger partial charge in [-0.05, 0) is 59.8 Å². The standard InChI is InChI=1S/C21H19FN2O3S2/c22-16-7-5-15(6-8-16)21(19-3-2-14-28-19)23-29(26,27)18-11-9-17(10-12-18)24-13-1-4-20(24)25/h2-3,5-12,14,21,23H,1,4,13H2/t21-/m0/s1. The van der Waals surface area contributed by atoms with Crippen molar-refractivity contribution in [3.8, 4) is 0 Å². The van der Waals surface area contributed by atoms with Gasteiger partial charge >= 0.3 is 0 Å². The van der Waals surface area contributed by atoms with Crippen LogP contribution in [-0.4, -0.2) is 20.9 Å². The van der Waals surface area contributed by atoms with Gasteiger partial charge in [0.25, 0.3) is 0 Å². The van der Waals surface area contributed by atoms with Crippen molar-refractivity contribution < 1.29 is 17.6 Å². The van der Waals surface area contributed by atoms with Crippen LogP contribution in [0.4, 0.5) is 10.1 Å². The zero-order valence-corrected chi connectivity index (χ0v) is 17.0. The van der Waals surface area contributed by atoms with E-state index >= 15 is 0 Å². The molecule has 5 nitrogen and oxygen atoms in total. The molecule has 0 spiro atoms. The van der Waals surface area contributed by atoms with Crippen LogP contribution in [0, 0.1) is 5.82 Å². The van der Waals surface area contributed by atoms with E-state index in [2.05, 4.69) is 4.72 Å². The number of benzene rings is 2. The van der Waals surface area contributed by atoms with Gasteiger partial charge in [0.1, 0.15) is 5.82 Å². The third-order valence-corrected chi connectivity index (χ3v) is 7.21. The maximum Gasteiger partial charge on any atom is 0.241 e. The molecule has 1 atom stereocenters. The molecule has 1 amide bonds. The summed E-state index contributed by atoms with van der Waals surface area (Å²) in [4.78, 5) is 14.5. The molecule has 8 heteroatoms. The highest BCUT2D eigenvalue weighted by Crippen LogP contribution is 2.29. The fraction of sp³-hybridized carbons (Fsp3) is 0.190. The van der Waals surface area contributed by atoms with Crippen molar-refractivity contribution in [3.63, 3.8) is 0 Å². The van der Waals surface area contributed by atoms with E-state index in [4.69, 9.17) is 0 Å². The highest BCUT2D eigenvalue weighted by Gasteiger charge is 2.25. The third kappa shape index (κ3) is 4.24. The zero-order chi connectivity index (χ0) is 20.4. The van der Waals surface area contributed by atoms with E-state index in [1.165, 1.54) is 35.6 Å². The van der Waals surface area contributed by atoms with Gasteiger partial charge in [0.2, 0.25) is 15.9 Å². The number of halogens is 1. The van der Waals surface area contributed by atoms with Gasteiger partial charge in [0.15, 0.2) is 0 Å². The number of hydrogen-bond acceptors (Lipinski definition) is 4. The molecular weight excluding hydrogens is 411 g/mol. The van der Waals surface area contributed by atoms with Crippen LogP contribution in [0.5, 0.6) is 0 Å². The fourth-order valence-electron chi connectivity index (χ4n) is 3.35. The van der Waals surface area contributed by atoms with Crippen molar-refractivity contribution in [2.45, 2.75) is 23.8 Å². The van der Waals surface area contributed by atoms with Crippen molar-refractivity contribution in [1.29, 1.82) is 0 Å². The number of carbonyl (C=O) groups excluding carboxylic acids is 1. The monoisotopic (exact) mass is 430 g/mol. The van der Waals surface area contributed by atoms with Crippen molar-refractivity contribution in [3.05, 3.63) is 82.3 Å². The summed E-state index contributed by atoms with van der Waals surface area (Å²) in [5.41, 5.74) is 1.34.